The second-order valence-corrected chi connectivity index (χ2v) is 6.27. The molecule has 1 saturated heterocycles. The molecule has 0 bridgehead atoms. The van der Waals surface area contributed by atoms with E-state index in [1.807, 2.05) is 0 Å². The van der Waals surface area contributed by atoms with Crippen LogP contribution in [-0.2, 0) is 14.3 Å². The molecule has 1 rings (SSSR count). The quantitative estimate of drug-likeness (QED) is 0.222. The van der Waals surface area contributed by atoms with Gasteiger partial charge in [-0.2, -0.15) is 0 Å². The summed E-state index contributed by atoms with van der Waals surface area (Å²) in [6.07, 6.45) is 29.7. The number of carbonyl (C=O) groups excluding carboxylic acids is 1. The molecule has 1 fully saturated rings. The number of carbonyl (C=O) groups is 1. The Labute approximate surface area is 159 Å². The molecule has 26 heavy (non-hydrogen) atoms. The zero-order valence-corrected chi connectivity index (χ0v) is 16.3. The third-order valence-corrected chi connectivity index (χ3v) is 4.07. The van der Waals surface area contributed by atoms with Gasteiger partial charge >= 0.3 is 5.97 Å². The summed E-state index contributed by atoms with van der Waals surface area (Å²) >= 11 is 0. The molecule has 1 aliphatic rings. The average molecular weight is 359 g/mol. The number of hydrogen-bond acceptors (Lipinski definition) is 3. The molecular formula is C23H34O3. The van der Waals surface area contributed by atoms with Crippen LogP contribution < -0.4 is 0 Å². The predicted molar refractivity (Wildman–Crippen MR) is 109 cm³/mol. The van der Waals surface area contributed by atoms with E-state index in [0.29, 0.717) is 6.42 Å². The van der Waals surface area contributed by atoms with Crippen molar-refractivity contribution in [1.82, 2.24) is 0 Å². The zero-order chi connectivity index (χ0) is 18.9. The predicted octanol–water partition coefficient (Wildman–Crippen LogP) is 5.85. The van der Waals surface area contributed by atoms with Crippen molar-refractivity contribution in [2.75, 3.05) is 7.11 Å². The van der Waals surface area contributed by atoms with Crippen LogP contribution in [0.2, 0.25) is 0 Å². The lowest BCUT2D eigenvalue weighted by molar-refractivity contribution is -0.140. The van der Waals surface area contributed by atoms with Crippen molar-refractivity contribution in [3.05, 3.63) is 60.8 Å². The Hall–Kier alpha value is -1.87. The molecule has 1 heterocycles. The Kier molecular flexibility index (Phi) is 13.1. The maximum atomic E-state index is 11.0. The number of ether oxygens (including phenoxy) is 2. The van der Waals surface area contributed by atoms with E-state index >= 15 is 0 Å². The first-order valence-electron chi connectivity index (χ1n) is 9.75. The molecule has 0 N–H and O–H groups in total. The number of esters is 1. The van der Waals surface area contributed by atoms with Gasteiger partial charge in [0.05, 0.1) is 19.3 Å². The van der Waals surface area contributed by atoms with Gasteiger partial charge in [0, 0.05) is 6.42 Å². The van der Waals surface area contributed by atoms with E-state index in [2.05, 4.69) is 72.4 Å². The van der Waals surface area contributed by atoms with Crippen molar-refractivity contribution in [2.24, 2.45) is 0 Å². The third kappa shape index (κ3) is 12.5. The van der Waals surface area contributed by atoms with Gasteiger partial charge in [-0.05, 0) is 44.9 Å². The van der Waals surface area contributed by atoms with Crippen LogP contribution in [0.1, 0.15) is 58.3 Å². The van der Waals surface area contributed by atoms with Crippen molar-refractivity contribution < 1.29 is 14.3 Å². The molecular weight excluding hydrogens is 324 g/mol. The second kappa shape index (κ2) is 15.4. The minimum absolute atomic E-state index is 0.158. The van der Waals surface area contributed by atoms with Gasteiger partial charge in [-0.15, -0.1) is 0 Å². The summed E-state index contributed by atoms with van der Waals surface area (Å²) in [5.74, 6) is -0.158. The van der Waals surface area contributed by atoms with Crippen LogP contribution in [0.25, 0.3) is 0 Å². The van der Waals surface area contributed by atoms with Crippen molar-refractivity contribution >= 4 is 5.97 Å². The average Bonchev–Trinajstić information content (AvgIpc) is 3.41. The van der Waals surface area contributed by atoms with Gasteiger partial charge in [0.2, 0.25) is 0 Å². The van der Waals surface area contributed by atoms with Crippen LogP contribution in [0, 0.1) is 0 Å². The van der Waals surface area contributed by atoms with Crippen molar-refractivity contribution in [3.63, 3.8) is 0 Å². The highest BCUT2D eigenvalue weighted by molar-refractivity contribution is 5.69. The molecule has 144 valence electrons. The first kappa shape index (κ1) is 22.2. The SMILES string of the molecule is CC/C=C\C/C=C\C/C=C\C/C=C\C/C=C\C[C@H]1O[C@H]1CCC(=O)OC. The van der Waals surface area contributed by atoms with Crippen LogP contribution in [0.3, 0.4) is 0 Å². The van der Waals surface area contributed by atoms with Gasteiger partial charge in [0.1, 0.15) is 0 Å². The fraction of sp³-hybridized carbons (Fsp3) is 0.522. The molecule has 3 nitrogen and oxygen atoms in total. The van der Waals surface area contributed by atoms with Crippen molar-refractivity contribution in [3.8, 4) is 0 Å². The largest absolute Gasteiger partial charge is 0.469 e. The summed E-state index contributed by atoms with van der Waals surface area (Å²) in [5.41, 5.74) is 0. The van der Waals surface area contributed by atoms with Crippen LogP contribution in [0.15, 0.2) is 60.8 Å². The third-order valence-electron chi connectivity index (χ3n) is 4.07. The monoisotopic (exact) mass is 358 g/mol. The summed E-state index contributed by atoms with van der Waals surface area (Å²) < 4.78 is 10.2. The lowest BCUT2D eigenvalue weighted by Gasteiger charge is -1.95. The molecule has 0 amide bonds. The molecule has 0 aromatic carbocycles. The molecule has 0 aromatic heterocycles. The van der Waals surface area contributed by atoms with Crippen LogP contribution >= 0.6 is 0 Å². The topological polar surface area (TPSA) is 38.8 Å². The maximum absolute atomic E-state index is 11.0. The Morgan fingerprint density at radius 3 is 1.81 bits per heavy atom. The van der Waals surface area contributed by atoms with Crippen molar-refractivity contribution in [2.45, 2.75) is 70.5 Å². The van der Waals surface area contributed by atoms with Crippen LogP contribution in [0.4, 0.5) is 0 Å². The molecule has 0 saturated carbocycles. The van der Waals surface area contributed by atoms with E-state index in [1.165, 1.54) is 7.11 Å². The van der Waals surface area contributed by atoms with E-state index in [0.717, 1.165) is 44.9 Å². The number of allylic oxidation sites excluding steroid dienone is 9. The number of methoxy groups -OCH3 is 1. The van der Waals surface area contributed by atoms with Gasteiger partial charge in [0.15, 0.2) is 0 Å². The summed E-state index contributed by atoms with van der Waals surface area (Å²) in [5, 5.41) is 0. The molecule has 0 unspecified atom stereocenters. The van der Waals surface area contributed by atoms with Gasteiger partial charge in [-0.25, -0.2) is 0 Å². The van der Waals surface area contributed by atoms with E-state index in [9.17, 15) is 4.79 Å². The Bertz CT molecular complexity index is 512. The molecule has 1 aliphatic heterocycles. The van der Waals surface area contributed by atoms with Crippen LogP contribution in [-0.4, -0.2) is 25.3 Å². The molecule has 0 aromatic rings. The van der Waals surface area contributed by atoms with Gasteiger partial charge in [-0.1, -0.05) is 67.7 Å². The highest BCUT2D eigenvalue weighted by Crippen LogP contribution is 2.29. The summed E-state index contributed by atoms with van der Waals surface area (Å²) in [6, 6.07) is 0. The summed E-state index contributed by atoms with van der Waals surface area (Å²) in [4.78, 5) is 11.0. The fourth-order valence-corrected chi connectivity index (χ4v) is 2.48. The molecule has 3 heteroatoms. The highest BCUT2D eigenvalue weighted by Gasteiger charge is 2.37. The lowest BCUT2D eigenvalue weighted by Crippen LogP contribution is -2.03. The molecule has 0 aliphatic carbocycles. The van der Waals surface area contributed by atoms with Crippen molar-refractivity contribution in [1.29, 1.82) is 0 Å². The normalized spacial score (nSPS) is 20.4. The van der Waals surface area contributed by atoms with E-state index in [-0.39, 0.29) is 18.2 Å². The molecule has 0 spiro atoms. The number of rotatable bonds is 14. The summed E-state index contributed by atoms with van der Waals surface area (Å²) in [6.45, 7) is 2.15. The lowest BCUT2D eigenvalue weighted by atomic mass is 10.1. The zero-order valence-electron chi connectivity index (χ0n) is 16.3. The first-order chi connectivity index (χ1) is 12.8. The highest BCUT2D eigenvalue weighted by atomic mass is 16.6. The van der Waals surface area contributed by atoms with E-state index < -0.39 is 0 Å². The Morgan fingerprint density at radius 2 is 1.31 bits per heavy atom. The maximum Gasteiger partial charge on any atom is 0.305 e. The van der Waals surface area contributed by atoms with E-state index in [4.69, 9.17) is 4.74 Å². The van der Waals surface area contributed by atoms with Crippen LogP contribution in [0.5, 0.6) is 0 Å². The van der Waals surface area contributed by atoms with Gasteiger partial charge < -0.3 is 9.47 Å². The minimum atomic E-state index is -0.158. The summed E-state index contributed by atoms with van der Waals surface area (Å²) in [7, 11) is 1.42. The smallest absolute Gasteiger partial charge is 0.305 e. The van der Waals surface area contributed by atoms with Gasteiger partial charge in [-0.3, -0.25) is 4.79 Å². The fourth-order valence-electron chi connectivity index (χ4n) is 2.48. The standard InChI is InChI=1S/C23H34O3/c1-3-4-5-6-7-8-9-10-11-12-13-14-15-16-17-18-21-22(26-21)19-20-23(24)25-2/h4-5,7-8,10-11,13-14,16-17,21-22H,3,6,9,12,15,18-20H2,1-2H3/b5-4-,8-7-,11-10-,14-13-,17-16-/t21-,22+/m1/s1. The second-order valence-electron chi connectivity index (χ2n) is 6.27. The Balaban J connectivity index is 1.94. The van der Waals surface area contributed by atoms with E-state index in [1.54, 1.807) is 0 Å². The molecule has 2 atom stereocenters. The Morgan fingerprint density at radius 1 is 0.808 bits per heavy atom. The number of epoxide rings is 1. The minimum Gasteiger partial charge on any atom is -0.469 e. The first-order valence-corrected chi connectivity index (χ1v) is 9.75. The molecule has 0 radical (unpaired) electrons. The number of hydrogen-bond donors (Lipinski definition) is 0. The van der Waals surface area contributed by atoms with Gasteiger partial charge in [0.25, 0.3) is 0 Å².